The molecule has 0 saturated heterocycles. The molecule has 0 amide bonds. The van der Waals surface area contributed by atoms with Crippen molar-refractivity contribution in [1.29, 1.82) is 0 Å². The van der Waals surface area contributed by atoms with E-state index in [2.05, 4.69) is 12.2 Å². The molecule has 1 fully saturated rings. The van der Waals surface area contributed by atoms with Gasteiger partial charge in [-0.25, -0.2) is 0 Å². The smallest absolute Gasteiger partial charge is 0.119 e. The van der Waals surface area contributed by atoms with Gasteiger partial charge in [0.1, 0.15) is 18.1 Å². The minimum Gasteiger partial charge on any atom is -0.497 e. The minimum atomic E-state index is 0.717. The van der Waals surface area contributed by atoms with Crippen LogP contribution in [0.2, 0.25) is 0 Å². The first-order valence-corrected chi connectivity index (χ1v) is 7.25. The lowest BCUT2D eigenvalue weighted by Crippen LogP contribution is -2.26. The lowest BCUT2D eigenvalue weighted by molar-refractivity contribution is 0.307. The van der Waals surface area contributed by atoms with Crippen molar-refractivity contribution >= 4 is 0 Å². The zero-order valence-corrected chi connectivity index (χ0v) is 12.0. The predicted molar refractivity (Wildman–Crippen MR) is 77.9 cm³/mol. The van der Waals surface area contributed by atoms with Crippen LogP contribution in [-0.4, -0.2) is 26.8 Å². The normalized spacial score (nSPS) is 22.4. The first kappa shape index (κ1) is 14.2. The number of rotatable bonds is 7. The van der Waals surface area contributed by atoms with E-state index >= 15 is 0 Å². The summed E-state index contributed by atoms with van der Waals surface area (Å²) in [5.74, 6) is 3.55. The molecule has 0 heterocycles. The van der Waals surface area contributed by atoms with Gasteiger partial charge in [-0.2, -0.15) is 0 Å². The van der Waals surface area contributed by atoms with Crippen molar-refractivity contribution in [2.75, 3.05) is 26.8 Å². The third-order valence-electron chi connectivity index (χ3n) is 3.84. The molecule has 1 aromatic carbocycles. The fourth-order valence-corrected chi connectivity index (χ4v) is 2.73. The summed E-state index contributed by atoms with van der Waals surface area (Å²) < 4.78 is 10.8. The summed E-state index contributed by atoms with van der Waals surface area (Å²) in [7, 11) is 1.67. The highest BCUT2D eigenvalue weighted by molar-refractivity contribution is 5.31. The second-order valence-corrected chi connectivity index (χ2v) is 5.51. The molecular formula is C16H25NO2. The molecule has 2 atom stereocenters. The summed E-state index contributed by atoms with van der Waals surface area (Å²) in [5.41, 5.74) is 0. The topological polar surface area (TPSA) is 30.5 Å². The average molecular weight is 263 g/mol. The summed E-state index contributed by atoms with van der Waals surface area (Å²) in [6, 6.07) is 7.72. The number of methoxy groups -OCH3 is 1. The molecular weight excluding hydrogens is 238 g/mol. The van der Waals surface area contributed by atoms with E-state index < -0.39 is 0 Å². The van der Waals surface area contributed by atoms with Crippen LogP contribution in [0, 0.1) is 11.8 Å². The van der Waals surface area contributed by atoms with E-state index in [1.54, 1.807) is 7.11 Å². The van der Waals surface area contributed by atoms with Crippen LogP contribution < -0.4 is 14.8 Å². The molecule has 1 aliphatic rings. The molecule has 19 heavy (non-hydrogen) atoms. The number of nitrogens with one attached hydrogen (secondary N) is 1. The third-order valence-corrected chi connectivity index (χ3v) is 3.84. The van der Waals surface area contributed by atoms with Gasteiger partial charge < -0.3 is 14.8 Å². The lowest BCUT2D eigenvalue weighted by atomic mass is 10.1. The van der Waals surface area contributed by atoms with Gasteiger partial charge >= 0.3 is 0 Å². The molecule has 2 unspecified atom stereocenters. The van der Waals surface area contributed by atoms with E-state index in [1.807, 2.05) is 24.3 Å². The fourth-order valence-electron chi connectivity index (χ4n) is 2.73. The number of benzene rings is 1. The van der Waals surface area contributed by atoms with Crippen molar-refractivity contribution in [1.82, 2.24) is 5.32 Å². The van der Waals surface area contributed by atoms with Crippen LogP contribution in [0.15, 0.2) is 24.3 Å². The van der Waals surface area contributed by atoms with Gasteiger partial charge in [0, 0.05) is 6.54 Å². The summed E-state index contributed by atoms with van der Waals surface area (Å²) in [5, 5.41) is 3.49. The zero-order chi connectivity index (χ0) is 13.5. The van der Waals surface area contributed by atoms with Crippen LogP contribution in [0.5, 0.6) is 11.5 Å². The highest BCUT2D eigenvalue weighted by Crippen LogP contribution is 2.29. The van der Waals surface area contributed by atoms with E-state index in [0.29, 0.717) is 6.61 Å². The summed E-state index contributed by atoms with van der Waals surface area (Å²) in [4.78, 5) is 0. The van der Waals surface area contributed by atoms with Crippen molar-refractivity contribution < 1.29 is 9.47 Å². The Bertz CT molecular complexity index is 364. The number of ether oxygens (including phenoxy) is 2. The zero-order valence-electron chi connectivity index (χ0n) is 12.0. The molecule has 1 aliphatic carbocycles. The van der Waals surface area contributed by atoms with Crippen molar-refractivity contribution in [2.45, 2.75) is 26.2 Å². The van der Waals surface area contributed by atoms with Gasteiger partial charge in [-0.05, 0) is 55.5 Å². The van der Waals surface area contributed by atoms with Crippen LogP contribution in [-0.2, 0) is 0 Å². The largest absolute Gasteiger partial charge is 0.497 e. The van der Waals surface area contributed by atoms with Crippen molar-refractivity contribution in [3.63, 3.8) is 0 Å². The quantitative estimate of drug-likeness (QED) is 0.767. The predicted octanol–water partition coefficient (Wildman–Crippen LogP) is 3.10. The molecule has 1 aromatic rings. The van der Waals surface area contributed by atoms with Gasteiger partial charge in [0.25, 0.3) is 0 Å². The van der Waals surface area contributed by atoms with E-state index in [1.165, 1.54) is 19.3 Å². The van der Waals surface area contributed by atoms with Crippen molar-refractivity contribution in [3.8, 4) is 11.5 Å². The molecule has 3 heteroatoms. The summed E-state index contributed by atoms with van der Waals surface area (Å²) >= 11 is 0. The van der Waals surface area contributed by atoms with Gasteiger partial charge in [0.05, 0.1) is 7.11 Å². The van der Waals surface area contributed by atoms with Gasteiger partial charge in [0.2, 0.25) is 0 Å². The van der Waals surface area contributed by atoms with Crippen molar-refractivity contribution in [2.24, 2.45) is 11.8 Å². The van der Waals surface area contributed by atoms with Gasteiger partial charge in [-0.15, -0.1) is 0 Å². The van der Waals surface area contributed by atoms with Gasteiger partial charge in [0.15, 0.2) is 0 Å². The van der Waals surface area contributed by atoms with Gasteiger partial charge in [-0.3, -0.25) is 0 Å². The highest BCUT2D eigenvalue weighted by Gasteiger charge is 2.20. The lowest BCUT2D eigenvalue weighted by Gasteiger charge is -2.12. The molecule has 0 spiro atoms. The Morgan fingerprint density at radius 2 is 1.89 bits per heavy atom. The Hall–Kier alpha value is -1.22. The Kier molecular flexibility index (Phi) is 5.52. The summed E-state index contributed by atoms with van der Waals surface area (Å²) in [6.45, 7) is 5.12. The van der Waals surface area contributed by atoms with Gasteiger partial charge in [-0.1, -0.05) is 13.3 Å². The van der Waals surface area contributed by atoms with Crippen LogP contribution in [0.3, 0.4) is 0 Å². The Morgan fingerprint density at radius 3 is 2.53 bits per heavy atom. The second-order valence-electron chi connectivity index (χ2n) is 5.51. The first-order valence-electron chi connectivity index (χ1n) is 7.25. The highest BCUT2D eigenvalue weighted by atomic mass is 16.5. The number of hydrogen-bond acceptors (Lipinski definition) is 3. The van der Waals surface area contributed by atoms with Crippen LogP contribution >= 0.6 is 0 Å². The van der Waals surface area contributed by atoms with E-state index in [9.17, 15) is 0 Å². The molecule has 3 nitrogen and oxygen atoms in total. The van der Waals surface area contributed by atoms with E-state index in [-0.39, 0.29) is 0 Å². The van der Waals surface area contributed by atoms with E-state index in [4.69, 9.17) is 9.47 Å². The second kappa shape index (κ2) is 7.39. The molecule has 2 rings (SSSR count). The molecule has 0 radical (unpaired) electrons. The fraction of sp³-hybridized carbons (Fsp3) is 0.625. The third kappa shape index (κ3) is 4.75. The van der Waals surface area contributed by atoms with E-state index in [0.717, 1.165) is 36.4 Å². The SMILES string of the molecule is COc1ccc(OCCNCC2CCC(C)C2)cc1. The van der Waals surface area contributed by atoms with Crippen molar-refractivity contribution in [3.05, 3.63) is 24.3 Å². The van der Waals surface area contributed by atoms with Crippen LogP contribution in [0.4, 0.5) is 0 Å². The Morgan fingerprint density at radius 1 is 1.16 bits per heavy atom. The number of hydrogen-bond donors (Lipinski definition) is 1. The maximum absolute atomic E-state index is 5.67. The molecule has 0 aliphatic heterocycles. The maximum atomic E-state index is 5.67. The molecule has 1 N–H and O–H groups in total. The molecule has 1 saturated carbocycles. The van der Waals surface area contributed by atoms with Crippen LogP contribution in [0.1, 0.15) is 26.2 Å². The Balaban J connectivity index is 1.56. The Labute approximate surface area is 116 Å². The molecule has 0 bridgehead atoms. The standard InChI is InChI=1S/C16H25NO2/c1-13-3-4-14(11-13)12-17-9-10-19-16-7-5-15(18-2)6-8-16/h5-8,13-14,17H,3-4,9-12H2,1-2H3. The molecule has 0 aromatic heterocycles. The first-order chi connectivity index (χ1) is 9.28. The maximum Gasteiger partial charge on any atom is 0.119 e. The average Bonchev–Trinajstić information content (AvgIpc) is 2.85. The monoisotopic (exact) mass is 263 g/mol. The summed E-state index contributed by atoms with van der Waals surface area (Å²) in [6.07, 6.45) is 4.16. The molecule has 106 valence electrons. The van der Waals surface area contributed by atoms with Crippen LogP contribution in [0.25, 0.3) is 0 Å². The minimum absolute atomic E-state index is 0.717.